The van der Waals surface area contributed by atoms with Gasteiger partial charge in [-0.3, -0.25) is 0 Å². The second-order valence-corrected chi connectivity index (χ2v) is 5.01. The molecule has 1 aliphatic carbocycles. The van der Waals surface area contributed by atoms with E-state index in [9.17, 15) is 0 Å². The smallest absolute Gasteiger partial charge is 0.252 e. The summed E-state index contributed by atoms with van der Waals surface area (Å²) in [4.78, 5) is 4.41. The summed E-state index contributed by atoms with van der Waals surface area (Å²) >= 11 is 0. The summed E-state index contributed by atoms with van der Waals surface area (Å²) in [7, 11) is 0. The van der Waals surface area contributed by atoms with Gasteiger partial charge >= 0.3 is 0 Å². The third-order valence-corrected chi connectivity index (χ3v) is 3.76. The summed E-state index contributed by atoms with van der Waals surface area (Å²) in [6.45, 7) is 3.68. The Balaban J connectivity index is 1.82. The molecule has 0 spiro atoms. The van der Waals surface area contributed by atoms with Gasteiger partial charge in [0, 0.05) is 12.5 Å². The molecule has 0 aromatic carbocycles. The molecule has 1 fully saturated rings. The van der Waals surface area contributed by atoms with Crippen LogP contribution >= 0.6 is 0 Å². The first-order chi connectivity index (χ1) is 8.83. The van der Waals surface area contributed by atoms with Crippen molar-refractivity contribution in [2.75, 3.05) is 13.2 Å². The first-order valence-corrected chi connectivity index (χ1v) is 6.93. The molecular weight excluding hydrogens is 230 g/mol. The molecule has 1 heterocycles. The minimum Gasteiger partial charge on any atom is -0.370 e. The Labute approximate surface area is 108 Å². The van der Waals surface area contributed by atoms with Gasteiger partial charge in [-0.2, -0.15) is 4.98 Å². The van der Waals surface area contributed by atoms with Crippen molar-refractivity contribution in [2.45, 2.75) is 51.6 Å². The van der Waals surface area contributed by atoms with E-state index in [-0.39, 0.29) is 0 Å². The first kappa shape index (κ1) is 13.5. The maximum Gasteiger partial charge on any atom is 0.252 e. The number of nitrogens with zero attached hydrogens (tertiary/aromatic N) is 2. The monoisotopic (exact) mass is 253 g/mol. The third kappa shape index (κ3) is 3.53. The van der Waals surface area contributed by atoms with Gasteiger partial charge in [0.15, 0.2) is 5.82 Å². The van der Waals surface area contributed by atoms with Crippen LogP contribution in [0.1, 0.15) is 56.7 Å². The molecule has 0 radical (unpaired) electrons. The van der Waals surface area contributed by atoms with Gasteiger partial charge < -0.3 is 15.0 Å². The molecule has 0 saturated heterocycles. The fraction of sp³-hybridized carbons (Fsp3) is 0.846. The lowest BCUT2D eigenvalue weighted by atomic mass is 9.80. The Hall–Kier alpha value is -0.940. The van der Waals surface area contributed by atoms with E-state index < -0.39 is 0 Å². The van der Waals surface area contributed by atoms with Crippen LogP contribution in [0.4, 0.5) is 0 Å². The molecule has 5 heteroatoms. The Morgan fingerprint density at radius 3 is 2.78 bits per heavy atom. The van der Waals surface area contributed by atoms with Crippen molar-refractivity contribution in [2.24, 2.45) is 11.7 Å². The van der Waals surface area contributed by atoms with Crippen LogP contribution < -0.4 is 5.73 Å². The molecule has 0 amide bonds. The number of hydrogen-bond donors (Lipinski definition) is 1. The van der Waals surface area contributed by atoms with Crippen molar-refractivity contribution in [3.63, 3.8) is 0 Å². The maximum absolute atomic E-state index is 5.35. The zero-order valence-corrected chi connectivity index (χ0v) is 11.1. The molecule has 0 atom stereocenters. The van der Waals surface area contributed by atoms with Gasteiger partial charge in [0.1, 0.15) is 6.61 Å². The zero-order valence-electron chi connectivity index (χ0n) is 11.1. The number of ether oxygens (including phenoxy) is 1. The predicted octanol–water partition coefficient (Wildman–Crippen LogP) is 2.23. The molecule has 18 heavy (non-hydrogen) atoms. The van der Waals surface area contributed by atoms with Gasteiger partial charge in [0.2, 0.25) is 0 Å². The average molecular weight is 253 g/mol. The summed E-state index contributed by atoms with van der Waals surface area (Å²) in [5, 5.41) is 4.07. The molecule has 5 nitrogen and oxygen atoms in total. The second-order valence-electron chi connectivity index (χ2n) is 5.01. The normalized spacial score (nSPS) is 24.3. The van der Waals surface area contributed by atoms with Crippen LogP contribution in [0.25, 0.3) is 0 Å². The zero-order chi connectivity index (χ0) is 12.8. The lowest BCUT2D eigenvalue weighted by Crippen LogP contribution is -2.13. The Morgan fingerprint density at radius 1 is 1.33 bits per heavy atom. The van der Waals surface area contributed by atoms with Crippen LogP contribution in [0.2, 0.25) is 0 Å². The molecule has 1 aromatic heterocycles. The average Bonchev–Trinajstić information content (AvgIpc) is 2.88. The van der Waals surface area contributed by atoms with E-state index in [4.69, 9.17) is 15.0 Å². The minimum absolute atomic E-state index is 0.370. The summed E-state index contributed by atoms with van der Waals surface area (Å²) < 4.78 is 10.5. The van der Waals surface area contributed by atoms with E-state index >= 15 is 0 Å². The summed E-state index contributed by atoms with van der Waals surface area (Å²) in [6.07, 6.45) is 6.23. The molecule has 1 aliphatic rings. The molecule has 1 saturated carbocycles. The van der Waals surface area contributed by atoms with Gasteiger partial charge in [-0.05, 0) is 31.6 Å². The van der Waals surface area contributed by atoms with Gasteiger partial charge in [-0.1, -0.05) is 18.5 Å². The summed E-state index contributed by atoms with van der Waals surface area (Å²) in [6, 6.07) is 0. The van der Waals surface area contributed by atoms with E-state index in [2.05, 4.69) is 17.1 Å². The van der Waals surface area contributed by atoms with Gasteiger partial charge in [-0.25, -0.2) is 0 Å². The lowest BCUT2D eigenvalue weighted by Gasteiger charge is -2.25. The molecular formula is C13H23N3O2. The first-order valence-electron chi connectivity index (χ1n) is 6.93. The van der Waals surface area contributed by atoms with Gasteiger partial charge in [0.05, 0.1) is 6.61 Å². The van der Waals surface area contributed by atoms with Crippen molar-refractivity contribution < 1.29 is 9.26 Å². The largest absolute Gasteiger partial charge is 0.370 e. The quantitative estimate of drug-likeness (QED) is 0.787. The van der Waals surface area contributed by atoms with Crippen molar-refractivity contribution in [1.82, 2.24) is 10.1 Å². The van der Waals surface area contributed by atoms with Gasteiger partial charge in [-0.15, -0.1) is 0 Å². The highest BCUT2D eigenvalue weighted by molar-refractivity contribution is 4.97. The SMILES string of the molecule is CCC1CCC(c2noc(COCCN)n2)CC1. The van der Waals surface area contributed by atoms with Crippen molar-refractivity contribution in [3.05, 3.63) is 11.7 Å². The molecule has 2 N–H and O–H groups in total. The second kappa shape index (κ2) is 6.85. The summed E-state index contributed by atoms with van der Waals surface area (Å²) in [5.41, 5.74) is 5.35. The van der Waals surface area contributed by atoms with Crippen LogP contribution in [0.3, 0.4) is 0 Å². The molecule has 102 valence electrons. The van der Waals surface area contributed by atoms with Crippen molar-refractivity contribution in [3.8, 4) is 0 Å². The van der Waals surface area contributed by atoms with Crippen molar-refractivity contribution in [1.29, 1.82) is 0 Å². The minimum atomic E-state index is 0.370. The number of aromatic nitrogens is 2. The number of rotatable bonds is 6. The summed E-state index contributed by atoms with van der Waals surface area (Å²) in [5.74, 6) is 2.78. The standard InChI is InChI=1S/C13H23N3O2/c1-2-10-3-5-11(6-4-10)13-15-12(18-16-13)9-17-8-7-14/h10-11H,2-9,14H2,1H3. The highest BCUT2D eigenvalue weighted by Crippen LogP contribution is 2.35. The highest BCUT2D eigenvalue weighted by Gasteiger charge is 2.24. The maximum atomic E-state index is 5.35. The van der Waals surface area contributed by atoms with Crippen LogP contribution in [0.5, 0.6) is 0 Å². The van der Waals surface area contributed by atoms with Crippen molar-refractivity contribution >= 4 is 0 Å². The van der Waals surface area contributed by atoms with E-state index in [0.29, 0.717) is 31.6 Å². The topological polar surface area (TPSA) is 74.2 Å². The predicted molar refractivity (Wildman–Crippen MR) is 68.0 cm³/mol. The molecule has 0 aliphatic heterocycles. The fourth-order valence-corrected chi connectivity index (χ4v) is 2.56. The molecule has 1 aromatic rings. The van der Waals surface area contributed by atoms with E-state index in [0.717, 1.165) is 11.7 Å². The van der Waals surface area contributed by atoms with Crippen LogP contribution in [0, 0.1) is 5.92 Å². The lowest BCUT2D eigenvalue weighted by molar-refractivity contribution is 0.104. The van der Waals surface area contributed by atoms with E-state index in [1.807, 2.05) is 0 Å². The molecule has 0 bridgehead atoms. The molecule has 0 unspecified atom stereocenters. The third-order valence-electron chi connectivity index (χ3n) is 3.76. The van der Waals surface area contributed by atoms with Crippen LogP contribution in [0.15, 0.2) is 4.52 Å². The van der Waals surface area contributed by atoms with Crippen LogP contribution in [-0.2, 0) is 11.3 Å². The Bertz CT molecular complexity index is 346. The number of nitrogens with two attached hydrogens (primary N) is 1. The Kier molecular flexibility index (Phi) is 5.13. The fourth-order valence-electron chi connectivity index (χ4n) is 2.56. The molecule has 2 rings (SSSR count). The van der Waals surface area contributed by atoms with E-state index in [1.165, 1.54) is 32.1 Å². The number of hydrogen-bond acceptors (Lipinski definition) is 5. The van der Waals surface area contributed by atoms with Crippen LogP contribution in [-0.4, -0.2) is 23.3 Å². The van der Waals surface area contributed by atoms with E-state index in [1.54, 1.807) is 0 Å². The highest BCUT2D eigenvalue weighted by atomic mass is 16.5. The van der Waals surface area contributed by atoms with Gasteiger partial charge in [0.25, 0.3) is 5.89 Å². The Morgan fingerprint density at radius 2 is 2.11 bits per heavy atom.